The Morgan fingerprint density at radius 2 is 2.00 bits per heavy atom. The maximum Gasteiger partial charge on any atom is 0.164 e. The van der Waals surface area contributed by atoms with Crippen LogP contribution in [0.1, 0.15) is 17.2 Å². The first-order chi connectivity index (χ1) is 8.19. The van der Waals surface area contributed by atoms with E-state index in [0.717, 1.165) is 23.1 Å². The molecule has 17 heavy (non-hydrogen) atoms. The lowest BCUT2D eigenvalue weighted by molar-refractivity contribution is 0.690. The van der Waals surface area contributed by atoms with Gasteiger partial charge in [-0.1, -0.05) is 23.7 Å². The zero-order valence-corrected chi connectivity index (χ0v) is 10.7. The van der Waals surface area contributed by atoms with Crippen LogP contribution in [0.25, 0.3) is 0 Å². The highest BCUT2D eigenvalue weighted by Crippen LogP contribution is 2.12. The van der Waals surface area contributed by atoms with Gasteiger partial charge in [-0.05, 0) is 24.7 Å². The smallest absolute Gasteiger partial charge is 0.164 e. The van der Waals surface area contributed by atoms with Crippen LogP contribution in [0.5, 0.6) is 0 Å². The van der Waals surface area contributed by atoms with Gasteiger partial charge in [0.2, 0.25) is 0 Å². The highest BCUT2D eigenvalue weighted by molar-refractivity contribution is 6.30. The minimum absolute atomic E-state index is 0.689. The molecule has 0 aliphatic carbocycles. The first-order valence-corrected chi connectivity index (χ1v) is 5.84. The molecule has 4 nitrogen and oxygen atoms in total. The molecule has 0 bridgehead atoms. The monoisotopic (exact) mass is 250 g/mol. The van der Waals surface area contributed by atoms with Gasteiger partial charge in [0, 0.05) is 18.5 Å². The van der Waals surface area contributed by atoms with Crippen molar-refractivity contribution in [2.24, 2.45) is 7.05 Å². The molecular formula is C12H15ClN4. The van der Waals surface area contributed by atoms with E-state index in [-0.39, 0.29) is 0 Å². The molecule has 0 aliphatic heterocycles. The zero-order chi connectivity index (χ0) is 12.3. The fraction of sp³-hybridized carbons (Fsp3) is 0.333. The lowest BCUT2D eigenvalue weighted by Gasteiger charge is -2.00. The Hall–Kier alpha value is -1.39. The first kappa shape index (κ1) is 12.1. The summed E-state index contributed by atoms with van der Waals surface area (Å²) in [6.45, 7) is 0.689. The third kappa shape index (κ3) is 3.05. The number of benzene rings is 1. The van der Waals surface area contributed by atoms with Gasteiger partial charge < -0.3 is 5.32 Å². The Balaban J connectivity index is 2.15. The van der Waals surface area contributed by atoms with E-state index in [1.54, 1.807) is 0 Å². The minimum atomic E-state index is 0.689. The van der Waals surface area contributed by atoms with E-state index >= 15 is 0 Å². The van der Waals surface area contributed by atoms with Gasteiger partial charge in [0.15, 0.2) is 5.82 Å². The number of nitrogens with zero attached hydrogens (tertiary/aromatic N) is 3. The zero-order valence-electron chi connectivity index (χ0n) is 9.94. The summed E-state index contributed by atoms with van der Waals surface area (Å²) in [4.78, 5) is 4.47. The van der Waals surface area contributed by atoms with Gasteiger partial charge in [-0.3, -0.25) is 4.68 Å². The van der Waals surface area contributed by atoms with Gasteiger partial charge in [-0.25, -0.2) is 4.98 Å². The number of rotatable bonds is 4. The third-order valence-corrected chi connectivity index (χ3v) is 2.76. The molecule has 1 aromatic heterocycles. The Morgan fingerprint density at radius 3 is 2.65 bits per heavy atom. The van der Waals surface area contributed by atoms with E-state index in [1.807, 2.05) is 43.0 Å². The van der Waals surface area contributed by atoms with Crippen LogP contribution < -0.4 is 5.32 Å². The van der Waals surface area contributed by atoms with Crippen molar-refractivity contribution in [1.82, 2.24) is 20.1 Å². The molecule has 0 spiro atoms. The molecule has 0 saturated heterocycles. The molecule has 0 fully saturated rings. The van der Waals surface area contributed by atoms with E-state index in [2.05, 4.69) is 15.4 Å². The van der Waals surface area contributed by atoms with Crippen molar-refractivity contribution >= 4 is 11.6 Å². The SMILES string of the molecule is CNCc1nc(Cc2ccc(Cl)cc2)n(C)n1. The van der Waals surface area contributed by atoms with Crippen LogP contribution in [-0.4, -0.2) is 21.8 Å². The highest BCUT2D eigenvalue weighted by atomic mass is 35.5. The van der Waals surface area contributed by atoms with Crippen molar-refractivity contribution in [3.63, 3.8) is 0 Å². The largest absolute Gasteiger partial charge is 0.313 e. The summed E-state index contributed by atoms with van der Waals surface area (Å²) in [5.74, 6) is 1.77. The Kier molecular flexibility index (Phi) is 3.76. The summed E-state index contributed by atoms with van der Waals surface area (Å²) in [7, 11) is 3.80. The molecule has 0 amide bonds. The van der Waals surface area contributed by atoms with Crippen LogP contribution in [0, 0.1) is 0 Å². The summed E-state index contributed by atoms with van der Waals surface area (Å²) in [5.41, 5.74) is 1.18. The fourth-order valence-electron chi connectivity index (χ4n) is 1.65. The maximum atomic E-state index is 5.85. The van der Waals surface area contributed by atoms with E-state index < -0.39 is 0 Å². The van der Waals surface area contributed by atoms with Crippen molar-refractivity contribution in [3.05, 3.63) is 46.5 Å². The molecule has 0 aliphatic rings. The number of halogens is 1. The van der Waals surface area contributed by atoms with Crippen LogP contribution in [-0.2, 0) is 20.0 Å². The van der Waals surface area contributed by atoms with Crippen LogP contribution in [0.2, 0.25) is 5.02 Å². The molecule has 0 saturated carbocycles. The average molecular weight is 251 g/mol. The van der Waals surface area contributed by atoms with E-state index in [1.165, 1.54) is 5.56 Å². The second-order valence-corrected chi connectivity index (χ2v) is 4.34. The second-order valence-electron chi connectivity index (χ2n) is 3.90. The van der Waals surface area contributed by atoms with Crippen molar-refractivity contribution in [3.8, 4) is 0 Å². The quantitative estimate of drug-likeness (QED) is 0.900. The Labute approximate surface area is 106 Å². The van der Waals surface area contributed by atoms with Crippen molar-refractivity contribution in [2.75, 3.05) is 7.05 Å². The number of hydrogen-bond donors (Lipinski definition) is 1. The van der Waals surface area contributed by atoms with E-state index in [9.17, 15) is 0 Å². The standard InChI is InChI=1S/C12H15ClN4/c1-14-8-11-15-12(17(2)16-11)7-9-3-5-10(13)6-4-9/h3-6,14H,7-8H2,1-2H3. The van der Waals surface area contributed by atoms with E-state index in [0.29, 0.717) is 6.54 Å². The van der Waals surface area contributed by atoms with Gasteiger partial charge in [0.1, 0.15) is 5.82 Å². The lowest BCUT2D eigenvalue weighted by Crippen LogP contribution is -2.06. The fourth-order valence-corrected chi connectivity index (χ4v) is 1.77. The third-order valence-electron chi connectivity index (χ3n) is 2.51. The van der Waals surface area contributed by atoms with Crippen molar-refractivity contribution < 1.29 is 0 Å². The van der Waals surface area contributed by atoms with Gasteiger partial charge in [-0.2, -0.15) is 5.10 Å². The van der Waals surface area contributed by atoms with Gasteiger partial charge in [0.25, 0.3) is 0 Å². The second kappa shape index (κ2) is 5.29. The van der Waals surface area contributed by atoms with Gasteiger partial charge in [0.05, 0.1) is 6.54 Å². The molecule has 2 rings (SSSR count). The molecule has 1 aromatic carbocycles. The summed E-state index contributed by atoms with van der Waals surface area (Å²) < 4.78 is 1.82. The first-order valence-electron chi connectivity index (χ1n) is 5.47. The number of hydrogen-bond acceptors (Lipinski definition) is 3. The summed E-state index contributed by atoms with van der Waals surface area (Å²) in [6.07, 6.45) is 0.768. The molecule has 0 atom stereocenters. The topological polar surface area (TPSA) is 42.7 Å². The average Bonchev–Trinajstić information content (AvgIpc) is 2.63. The van der Waals surface area contributed by atoms with Crippen LogP contribution in [0.3, 0.4) is 0 Å². The van der Waals surface area contributed by atoms with Crippen LogP contribution >= 0.6 is 11.6 Å². The Morgan fingerprint density at radius 1 is 1.29 bits per heavy atom. The summed E-state index contributed by atoms with van der Waals surface area (Å²) in [5, 5.41) is 8.12. The molecule has 0 radical (unpaired) electrons. The molecule has 1 N–H and O–H groups in total. The van der Waals surface area contributed by atoms with Crippen LogP contribution in [0.15, 0.2) is 24.3 Å². The van der Waals surface area contributed by atoms with Crippen molar-refractivity contribution in [1.29, 1.82) is 0 Å². The predicted molar refractivity (Wildman–Crippen MR) is 68.0 cm³/mol. The molecule has 1 heterocycles. The van der Waals surface area contributed by atoms with Crippen molar-refractivity contribution in [2.45, 2.75) is 13.0 Å². The lowest BCUT2D eigenvalue weighted by atomic mass is 10.1. The number of aryl methyl sites for hydroxylation is 1. The highest BCUT2D eigenvalue weighted by Gasteiger charge is 2.07. The molecule has 90 valence electrons. The Bertz CT molecular complexity index is 490. The van der Waals surface area contributed by atoms with Crippen LogP contribution in [0.4, 0.5) is 0 Å². The maximum absolute atomic E-state index is 5.85. The molecule has 0 unspecified atom stereocenters. The normalized spacial score (nSPS) is 10.8. The molecule has 2 aromatic rings. The number of nitrogens with one attached hydrogen (secondary N) is 1. The number of aromatic nitrogens is 3. The van der Waals surface area contributed by atoms with Gasteiger partial charge >= 0.3 is 0 Å². The summed E-state index contributed by atoms with van der Waals surface area (Å²) >= 11 is 5.85. The molecule has 5 heteroatoms. The van der Waals surface area contributed by atoms with E-state index in [4.69, 9.17) is 11.6 Å². The minimum Gasteiger partial charge on any atom is -0.313 e. The summed E-state index contributed by atoms with van der Waals surface area (Å²) in [6, 6.07) is 7.80. The van der Waals surface area contributed by atoms with Gasteiger partial charge in [-0.15, -0.1) is 0 Å². The predicted octanol–water partition coefficient (Wildman–Crippen LogP) is 1.78. The molecular weight excluding hydrogens is 236 g/mol.